The summed E-state index contributed by atoms with van der Waals surface area (Å²) < 4.78 is 5.01. The van der Waals surface area contributed by atoms with Crippen LogP contribution >= 0.6 is 0 Å². The highest BCUT2D eigenvalue weighted by molar-refractivity contribution is 5.69. The third-order valence-electron chi connectivity index (χ3n) is 9.45. The van der Waals surface area contributed by atoms with Gasteiger partial charge < -0.3 is 14.6 Å². The molecule has 6 atom stereocenters. The Morgan fingerprint density at radius 3 is 2.66 bits per heavy atom. The Bertz CT molecular complexity index is 681. The second-order valence-electron chi connectivity index (χ2n) is 11.7. The topological polar surface area (TPSA) is 63.6 Å². The summed E-state index contributed by atoms with van der Waals surface area (Å²) in [4.78, 5) is 22.6. The van der Waals surface area contributed by atoms with E-state index in [0.29, 0.717) is 43.1 Å². The van der Waals surface area contributed by atoms with Gasteiger partial charge in [-0.15, -0.1) is 0 Å². The zero-order valence-electron chi connectivity index (χ0n) is 20.9. The van der Waals surface area contributed by atoms with Crippen LogP contribution in [0.25, 0.3) is 0 Å². The van der Waals surface area contributed by atoms with Crippen molar-refractivity contribution in [3.63, 3.8) is 0 Å². The highest BCUT2D eigenvalue weighted by Crippen LogP contribution is 2.64. The van der Waals surface area contributed by atoms with Crippen molar-refractivity contribution in [3.05, 3.63) is 11.6 Å². The number of rotatable bonds is 9. The van der Waals surface area contributed by atoms with Crippen LogP contribution in [-0.4, -0.2) is 30.1 Å². The van der Waals surface area contributed by atoms with E-state index in [1.54, 1.807) is 0 Å². The number of ether oxygens (including phenoxy) is 1. The summed E-state index contributed by atoms with van der Waals surface area (Å²) in [5.41, 5.74) is 1.98. The summed E-state index contributed by atoms with van der Waals surface area (Å²) in [5, 5.41) is 11.3. The summed E-state index contributed by atoms with van der Waals surface area (Å²) in [6, 6.07) is 0. The molecule has 4 unspecified atom stereocenters. The van der Waals surface area contributed by atoms with Crippen LogP contribution in [0.2, 0.25) is 0 Å². The first-order valence-corrected chi connectivity index (χ1v) is 13.2. The first-order chi connectivity index (χ1) is 15.2. The lowest BCUT2D eigenvalue weighted by molar-refractivity contribution is -0.152. The Labute approximate surface area is 195 Å². The van der Waals surface area contributed by atoms with Gasteiger partial charge in [-0.05, 0) is 106 Å². The van der Waals surface area contributed by atoms with Gasteiger partial charge in [-0.1, -0.05) is 32.4 Å². The maximum Gasteiger partial charge on any atom is 0.305 e. The van der Waals surface area contributed by atoms with E-state index in [1.807, 2.05) is 6.92 Å². The summed E-state index contributed by atoms with van der Waals surface area (Å²) in [5.74, 6) is 2.03. The van der Waals surface area contributed by atoms with Crippen molar-refractivity contribution in [3.8, 4) is 0 Å². The molecule has 32 heavy (non-hydrogen) atoms. The molecule has 0 radical (unpaired) electrons. The zero-order valence-corrected chi connectivity index (χ0v) is 20.9. The molecule has 3 aliphatic carbocycles. The fourth-order valence-electron chi connectivity index (χ4n) is 7.64. The molecule has 0 amide bonds. The van der Waals surface area contributed by atoms with Crippen molar-refractivity contribution in [2.75, 3.05) is 6.61 Å². The number of fused-ring (bicyclic) bond motifs is 3. The van der Waals surface area contributed by atoms with Gasteiger partial charge >= 0.3 is 5.97 Å². The van der Waals surface area contributed by atoms with Gasteiger partial charge in [-0.2, -0.15) is 0 Å². The first-order valence-electron chi connectivity index (χ1n) is 13.2. The van der Waals surface area contributed by atoms with E-state index < -0.39 is 0 Å². The summed E-state index contributed by atoms with van der Waals surface area (Å²) in [7, 11) is 0. The molecule has 3 rings (SSSR count). The van der Waals surface area contributed by atoms with Gasteiger partial charge in [-0.25, -0.2) is 0 Å². The number of esters is 1. The second kappa shape index (κ2) is 10.8. The number of aliphatic hydroxyl groups excluding tert-OH is 1. The number of allylic oxidation sites excluding steroid dienone is 2. The third-order valence-corrected chi connectivity index (χ3v) is 9.45. The lowest BCUT2D eigenvalue weighted by Gasteiger charge is -2.62. The van der Waals surface area contributed by atoms with Gasteiger partial charge in [0.15, 0.2) is 0 Å². The second-order valence-corrected chi connectivity index (χ2v) is 11.7. The van der Waals surface area contributed by atoms with E-state index in [1.165, 1.54) is 24.8 Å². The Kier molecular flexibility index (Phi) is 8.63. The number of carbonyl (C=O) groups excluding carboxylic acids is 2. The molecule has 3 aliphatic rings. The molecule has 4 heteroatoms. The zero-order chi connectivity index (χ0) is 23.4. The van der Waals surface area contributed by atoms with Gasteiger partial charge in [0.05, 0.1) is 12.7 Å². The molecular formula is C28H46O4. The normalized spacial score (nSPS) is 37.4. The fraction of sp³-hybridized carbons (Fsp3) is 0.857. The van der Waals surface area contributed by atoms with Crippen molar-refractivity contribution in [2.24, 2.45) is 34.5 Å². The molecule has 0 saturated heterocycles. The molecule has 0 aromatic carbocycles. The van der Waals surface area contributed by atoms with Crippen LogP contribution in [0, 0.1) is 34.5 Å². The predicted molar refractivity (Wildman–Crippen MR) is 128 cm³/mol. The van der Waals surface area contributed by atoms with Gasteiger partial charge in [-0.3, -0.25) is 4.79 Å². The number of unbranched alkanes of at least 4 members (excludes halogenated alkanes) is 2. The summed E-state index contributed by atoms with van der Waals surface area (Å²) >= 11 is 0. The first kappa shape index (κ1) is 25.5. The minimum Gasteiger partial charge on any atom is -0.466 e. The molecule has 4 nitrogen and oxygen atoms in total. The maximum absolute atomic E-state index is 11.5. The lowest BCUT2D eigenvalue weighted by atomic mass is 9.44. The predicted octanol–water partition coefficient (Wildman–Crippen LogP) is 6.26. The van der Waals surface area contributed by atoms with Crippen LogP contribution in [0.3, 0.4) is 0 Å². The molecule has 3 saturated carbocycles. The Hall–Kier alpha value is -1.16. The average Bonchev–Trinajstić information content (AvgIpc) is 2.73. The number of hydrogen-bond donors (Lipinski definition) is 1. The molecule has 0 bridgehead atoms. The third kappa shape index (κ3) is 5.48. The average molecular weight is 447 g/mol. The van der Waals surface area contributed by atoms with Crippen LogP contribution in [0.5, 0.6) is 0 Å². The molecule has 0 aromatic rings. The van der Waals surface area contributed by atoms with Crippen molar-refractivity contribution < 1.29 is 19.4 Å². The van der Waals surface area contributed by atoms with Crippen molar-refractivity contribution >= 4 is 12.3 Å². The smallest absolute Gasteiger partial charge is 0.305 e. The van der Waals surface area contributed by atoms with Gasteiger partial charge in [0.2, 0.25) is 0 Å². The SMILES string of the molecule is CCOC(=O)CCCC/C=C1/CC[C@]2(C)C3CCC(C)(C)C(CCC=O)C3C[C@H](O)C2C1. The quantitative estimate of drug-likeness (QED) is 0.197. The molecule has 0 aliphatic heterocycles. The molecule has 1 N–H and O–H groups in total. The molecule has 0 heterocycles. The molecule has 0 spiro atoms. The van der Waals surface area contributed by atoms with E-state index in [0.717, 1.165) is 51.2 Å². The maximum atomic E-state index is 11.5. The lowest BCUT2D eigenvalue weighted by Crippen LogP contribution is -2.57. The molecule has 3 fully saturated rings. The van der Waals surface area contributed by atoms with Gasteiger partial charge in [0, 0.05) is 12.8 Å². The van der Waals surface area contributed by atoms with E-state index >= 15 is 0 Å². The largest absolute Gasteiger partial charge is 0.466 e. The fourth-order valence-corrected chi connectivity index (χ4v) is 7.64. The number of aldehydes is 1. The van der Waals surface area contributed by atoms with Crippen molar-refractivity contribution in [1.29, 1.82) is 0 Å². The van der Waals surface area contributed by atoms with Crippen LogP contribution in [-0.2, 0) is 14.3 Å². The van der Waals surface area contributed by atoms with Crippen LogP contribution < -0.4 is 0 Å². The Morgan fingerprint density at radius 1 is 1.16 bits per heavy atom. The van der Waals surface area contributed by atoms with E-state index in [9.17, 15) is 14.7 Å². The van der Waals surface area contributed by atoms with E-state index in [4.69, 9.17) is 4.74 Å². The Balaban J connectivity index is 1.62. The number of carbonyl (C=O) groups is 2. The van der Waals surface area contributed by atoms with Crippen molar-refractivity contribution in [1.82, 2.24) is 0 Å². The van der Waals surface area contributed by atoms with Crippen LogP contribution in [0.4, 0.5) is 0 Å². The van der Waals surface area contributed by atoms with Crippen LogP contribution in [0.15, 0.2) is 11.6 Å². The molecular weight excluding hydrogens is 400 g/mol. The van der Waals surface area contributed by atoms with Crippen molar-refractivity contribution in [2.45, 2.75) is 111 Å². The van der Waals surface area contributed by atoms with E-state index in [-0.39, 0.29) is 22.9 Å². The standard InChI is InChI=1S/C28H46O4/c1-5-32-26(31)12-8-6-7-10-20-13-16-28(4)23-14-15-27(2,3)22(11-9-17-29)21(23)19-25(30)24(28)18-20/h10,17,21-25,30H,5-9,11-16,18-19H2,1-4H3/b20-10-/t21?,22?,23?,24?,25-,28+/m0/s1. The minimum atomic E-state index is -0.235. The molecule has 0 aromatic heterocycles. The Morgan fingerprint density at radius 2 is 1.94 bits per heavy atom. The van der Waals surface area contributed by atoms with Gasteiger partial charge in [0.1, 0.15) is 6.29 Å². The van der Waals surface area contributed by atoms with Crippen LogP contribution in [0.1, 0.15) is 105 Å². The monoisotopic (exact) mass is 446 g/mol. The number of hydrogen-bond acceptors (Lipinski definition) is 4. The van der Waals surface area contributed by atoms with E-state index in [2.05, 4.69) is 26.8 Å². The summed E-state index contributed by atoms with van der Waals surface area (Å²) in [6.45, 7) is 9.53. The highest BCUT2D eigenvalue weighted by Gasteiger charge is 2.57. The van der Waals surface area contributed by atoms with Gasteiger partial charge in [0.25, 0.3) is 0 Å². The summed E-state index contributed by atoms with van der Waals surface area (Å²) in [6.07, 6.45) is 15.0. The minimum absolute atomic E-state index is 0.0874. The molecule has 182 valence electrons. The number of aliphatic hydroxyl groups is 1. The highest BCUT2D eigenvalue weighted by atomic mass is 16.5.